The van der Waals surface area contributed by atoms with Gasteiger partial charge >= 0.3 is 0 Å². The molecule has 2 heteroatoms. The number of ether oxygens (including phenoxy) is 1. The molecule has 0 aliphatic heterocycles. The SMILES string of the molecule is C=CCCCOc1ccccc1C(C)O. The number of benzene rings is 1. The molecule has 1 aromatic rings. The summed E-state index contributed by atoms with van der Waals surface area (Å²) in [5, 5.41) is 9.51. The van der Waals surface area contributed by atoms with Gasteiger partial charge in [-0.25, -0.2) is 0 Å². The number of allylic oxidation sites excluding steroid dienone is 1. The normalized spacial score (nSPS) is 12.1. The highest BCUT2D eigenvalue weighted by molar-refractivity contribution is 5.34. The van der Waals surface area contributed by atoms with Crippen molar-refractivity contribution in [3.63, 3.8) is 0 Å². The summed E-state index contributed by atoms with van der Waals surface area (Å²) in [6.45, 7) is 6.06. The fourth-order valence-electron chi connectivity index (χ4n) is 1.37. The van der Waals surface area contributed by atoms with Crippen LogP contribution >= 0.6 is 0 Å². The Bertz CT molecular complexity index is 305. The van der Waals surface area contributed by atoms with Gasteiger partial charge in [-0.15, -0.1) is 6.58 Å². The first-order valence-corrected chi connectivity index (χ1v) is 5.26. The van der Waals surface area contributed by atoms with Crippen molar-refractivity contribution in [3.05, 3.63) is 42.5 Å². The average molecular weight is 206 g/mol. The van der Waals surface area contributed by atoms with Crippen molar-refractivity contribution in [1.82, 2.24) is 0 Å². The Balaban J connectivity index is 2.55. The number of hydrogen-bond donors (Lipinski definition) is 1. The molecule has 82 valence electrons. The number of unbranched alkanes of at least 4 members (excludes halogenated alkanes) is 1. The van der Waals surface area contributed by atoms with Crippen LogP contribution in [0.15, 0.2) is 36.9 Å². The molecule has 1 atom stereocenters. The minimum absolute atomic E-state index is 0.486. The zero-order chi connectivity index (χ0) is 11.1. The zero-order valence-corrected chi connectivity index (χ0v) is 9.15. The van der Waals surface area contributed by atoms with Crippen molar-refractivity contribution in [2.45, 2.75) is 25.9 Å². The van der Waals surface area contributed by atoms with Crippen molar-refractivity contribution >= 4 is 0 Å². The van der Waals surface area contributed by atoms with E-state index in [0.29, 0.717) is 6.61 Å². The fraction of sp³-hybridized carbons (Fsp3) is 0.385. The Hall–Kier alpha value is -1.28. The van der Waals surface area contributed by atoms with Crippen molar-refractivity contribution in [2.24, 2.45) is 0 Å². The maximum atomic E-state index is 9.51. The second kappa shape index (κ2) is 6.25. The van der Waals surface area contributed by atoms with Gasteiger partial charge in [-0.2, -0.15) is 0 Å². The predicted octanol–water partition coefficient (Wildman–Crippen LogP) is 3.08. The lowest BCUT2D eigenvalue weighted by molar-refractivity contribution is 0.191. The van der Waals surface area contributed by atoms with E-state index in [1.54, 1.807) is 6.92 Å². The summed E-state index contributed by atoms with van der Waals surface area (Å²) in [6.07, 6.45) is 3.30. The molecule has 0 aliphatic rings. The van der Waals surface area contributed by atoms with Crippen LogP contribution in [0.4, 0.5) is 0 Å². The number of aliphatic hydroxyl groups is 1. The van der Waals surface area contributed by atoms with Gasteiger partial charge in [0.25, 0.3) is 0 Å². The van der Waals surface area contributed by atoms with E-state index >= 15 is 0 Å². The first-order valence-electron chi connectivity index (χ1n) is 5.26. The smallest absolute Gasteiger partial charge is 0.125 e. The third-order valence-electron chi connectivity index (χ3n) is 2.18. The second-order valence-corrected chi connectivity index (χ2v) is 3.49. The first-order chi connectivity index (χ1) is 7.25. The topological polar surface area (TPSA) is 29.5 Å². The van der Waals surface area contributed by atoms with Crippen LogP contribution in [0.5, 0.6) is 5.75 Å². The molecule has 0 heterocycles. The fourth-order valence-corrected chi connectivity index (χ4v) is 1.37. The van der Waals surface area contributed by atoms with E-state index in [4.69, 9.17) is 4.74 Å². The third-order valence-corrected chi connectivity index (χ3v) is 2.18. The van der Waals surface area contributed by atoms with Gasteiger partial charge in [-0.3, -0.25) is 0 Å². The molecule has 0 saturated heterocycles. The van der Waals surface area contributed by atoms with E-state index in [0.717, 1.165) is 24.2 Å². The van der Waals surface area contributed by atoms with Gasteiger partial charge in [0.1, 0.15) is 5.75 Å². The van der Waals surface area contributed by atoms with Gasteiger partial charge in [0, 0.05) is 5.56 Å². The highest BCUT2D eigenvalue weighted by atomic mass is 16.5. The van der Waals surface area contributed by atoms with E-state index in [2.05, 4.69) is 6.58 Å². The second-order valence-electron chi connectivity index (χ2n) is 3.49. The van der Waals surface area contributed by atoms with Crippen molar-refractivity contribution in [3.8, 4) is 5.75 Å². The van der Waals surface area contributed by atoms with Crippen LogP contribution in [0, 0.1) is 0 Å². The Labute approximate surface area is 91.2 Å². The van der Waals surface area contributed by atoms with Gasteiger partial charge in [-0.1, -0.05) is 24.3 Å². The molecule has 0 saturated carbocycles. The molecule has 0 aliphatic carbocycles. The summed E-state index contributed by atoms with van der Waals surface area (Å²) in [6, 6.07) is 7.58. The van der Waals surface area contributed by atoms with Crippen LogP contribution in [0.3, 0.4) is 0 Å². The summed E-state index contributed by atoms with van der Waals surface area (Å²) >= 11 is 0. The van der Waals surface area contributed by atoms with Crippen LogP contribution in [-0.4, -0.2) is 11.7 Å². The third kappa shape index (κ3) is 3.76. The van der Waals surface area contributed by atoms with E-state index in [9.17, 15) is 5.11 Å². The lowest BCUT2D eigenvalue weighted by Gasteiger charge is -2.12. The van der Waals surface area contributed by atoms with Gasteiger partial charge in [0.15, 0.2) is 0 Å². The van der Waals surface area contributed by atoms with Crippen molar-refractivity contribution in [1.29, 1.82) is 0 Å². The molecular formula is C13H18O2. The standard InChI is InChI=1S/C13H18O2/c1-3-4-7-10-15-13-9-6-5-8-12(13)11(2)14/h3,5-6,8-9,11,14H,1,4,7,10H2,2H3. The monoisotopic (exact) mass is 206 g/mol. The molecule has 2 nitrogen and oxygen atoms in total. The zero-order valence-electron chi connectivity index (χ0n) is 9.15. The largest absolute Gasteiger partial charge is 0.493 e. The predicted molar refractivity (Wildman–Crippen MR) is 62.0 cm³/mol. The van der Waals surface area contributed by atoms with E-state index in [1.165, 1.54) is 0 Å². The molecule has 1 N–H and O–H groups in total. The summed E-state index contributed by atoms with van der Waals surface area (Å²) in [4.78, 5) is 0. The first kappa shape index (κ1) is 11.8. The number of rotatable bonds is 6. The van der Waals surface area contributed by atoms with Gasteiger partial charge in [0.2, 0.25) is 0 Å². The molecule has 0 fully saturated rings. The molecule has 1 rings (SSSR count). The average Bonchev–Trinajstić information content (AvgIpc) is 2.25. The van der Waals surface area contributed by atoms with Gasteiger partial charge < -0.3 is 9.84 Å². The minimum Gasteiger partial charge on any atom is -0.493 e. The van der Waals surface area contributed by atoms with E-state index < -0.39 is 6.10 Å². The molecule has 0 aromatic heterocycles. The van der Waals surface area contributed by atoms with Gasteiger partial charge in [0.05, 0.1) is 12.7 Å². The van der Waals surface area contributed by atoms with Crippen LogP contribution in [0.1, 0.15) is 31.4 Å². The lowest BCUT2D eigenvalue weighted by Crippen LogP contribution is -2.01. The van der Waals surface area contributed by atoms with Crippen LogP contribution in [-0.2, 0) is 0 Å². The van der Waals surface area contributed by atoms with Crippen LogP contribution in [0.2, 0.25) is 0 Å². The Morgan fingerprint density at radius 2 is 2.20 bits per heavy atom. The highest BCUT2D eigenvalue weighted by Gasteiger charge is 2.07. The number of hydrogen-bond acceptors (Lipinski definition) is 2. The molecule has 1 unspecified atom stereocenters. The highest BCUT2D eigenvalue weighted by Crippen LogP contribution is 2.24. The summed E-state index contributed by atoms with van der Waals surface area (Å²) in [7, 11) is 0. The number of para-hydroxylation sites is 1. The maximum absolute atomic E-state index is 9.51. The Morgan fingerprint density at radius 1 is 1.47 bits per heavy atom. The summed E-state index contributed by atoms with van der Waals surface area (Å²) in [5.74, 6) is 0.775. The van der Waals surface area contributed by atoms with Gasteiger partial charge in [-0.05, 0) is 25.8 Å². The summed E-state index contributed by atoms with van der Waals surface area (Å²) in [5.41, 5.74) is 0.844. The van der Waals surface area contributed by atoms with Crippen LogP contribution < -0.4 is 4.74 Å². The van der Waals surface area contributed by atoms with Crippen molar-refractivity contribution in [2.75, 3.05) is 6.61 Å². The molecular weight excluding hydrogens is 188 g/mol. The Morgan fingerprint density at radius 3 is 2.87 bits per heavy atom. The Kier molecular flexibility index (Phi) is 4.91. The molecule has 15 heavy (non-hydrogen) atoms. The lowest BCUT2D eigenvalue weighted by atomic mass is 10.1. The maximum Gasteiger partial charge on any atom is 0.125 e. The minimum atomic E-state index is -0.486. The molecule has 0 amide bonds. The van der Waals surface area contributed by atoms with Crippen LogP contribution in [0.25, 0.3) is 0 Å². The molecule has 0 spiro atoms. The van der Waals surface area contributed by atoms with E-state index in [-0.39, 0.29) is 0 Å². The quantitative estimate of drug-likeness (QED) is 0.572. The molecule has 0 radical (unpaired) electrons. The molecule has 0 bridgehead atoms. The molecule has 1 aromatic carbocycles. The summed E-state index contributed by atoms with van der Waals surface area (Å²) < 4.78 is 5.59. The number of aliphatic hydroxyl groups excluding tert-OH is 1. The van der Waals surface area contributed by atoms with Crippen molar-refractivity contribution < 1.29 is 9.84 Å². The van der Waals surface area contributed by atoms with E-state index in [1.807, 2.05) is 30.3 Å².